The van der Waals surface area contributed by atoms with Crippen LogP contribution in [0.5, 0.6) is 0 Å². The molecule has 0 atom stereocenters. The largest absolute Gasteiger partial charge is 4.00 e. The number of hydrogen-bond acceptors (Lipinski definition) is 14. The molecule has 0 spiro atoms. The Balaban J connectivity index is -0.000000114. The van der Waals surface area contributed by atoms with Crippen LogP contribution in [0, 0.1) is 64.2 Å². The summed E-state index contributed by atoms with van der Waals surface area (Å²) in [5.41, 5.74) is 0. The van der Waals surface area contributed by atoms with Gasteiger partial charge in [-0.05, 0) is 64.2 Å². The molecule has 0 heterocycles. The van der Waals surface area contributed by atoms with Gasteiger partial charge in [0.15, 0.2) is 40.5 Å². The van der Waals surface area contributed by atoms with Gasteiger partial charge >= 0.3 is 240 Å². The maximum absolute atomic E-state index is 13.0. The average molecular weight is 2630 g/mol. The van der Waals surface area contributed by atoms with E-state index >= 15 is 0 Å². The maximum Gasteiger partial charge on any atom is 4.00 e. The summed E-state index contributed by atoms with van der Waals surface area (Å²) < 4.78 is 976. The summed E-state index contributed by atoms with van der Waals surface area (Å²) in [6, 6.07) is 0. The molecule has 20 nitrogen and oxygen atoms in total. The van der Waals surface area contributed by atoms with Crippen LogP contribution in [0.2, 0.25) is 0 Å². The van der Waals surface area contributed by atoms with E-state index in [1.807, 2.05) is 64.2 Å². The summed E-state index contributed by atoms with van der Waals surface area (Å²) in [5.74, 6) is -209. The first-order valence-corrected chi connectivity index (χ1v) is 31.6. The smallest absolute Gasteiger partial charge is 0.870 e. The van der Waals surface area contributed by atoms with Gasteiger partial charge in [0.25, 0.3) is 0 Å². The van der Waals surface area contributed by atoms with Crippen molar-refractivity contribution in [1.82, 2.24) is 0 Å². The van der Waals surface area contributed by atoms with Crippen LogP contribution in [-0.2, 0) is 92.2 Å². The number of alkyl halides is 68. The predicted octanol–water partition coefficient (Wildman–Crippen LogP) is 14.7. The van der Waals surface area contributed by atoms with Gasteiger partial charge in [-0.15, -0.1) is 0 Å². The predicted molar refractivity (Wildman–Crippen MR) is 270 cm³/mol. The van der Waals surface area contributed by atoms with Crippen LogP contribution in [0.3, 0.4) is 0 Å². The molecule has 0 bridgehead atoms. The van der Waals surface area contributed by atoms with E-state index in [4.69, 9.17) is 0 Å². The van der Waals surface area contributed by atoms with Crippen molar-refractivity contribution in [1.29, 1.82) is 0 Å². The summed E-state index contributed by atoms with van der Waals surface area (Å²) >= 11 is 0. The number of hydrogen-bond donors (Lipinski definition) is 0. The Morgan fingerprint density at radius 2 is 0.176 bits per heavy atom. The van der Waals surface area contributed by atoms with Crippen molar-refractivity contribution in [2.75, 3.05) is 0 Å². The molecule has 94 heteroatoms. The Labute approximate surface area is 736 Å². The van der Waals surface area contributed by atoms with Gasteiger partial charge in [0.1, 0.15) is 0 Å². The molecule has 0 aromatic rings. The molecule has 14 N–H and O–H groups in total. The molecule has 2 saturated carbocycles. The van der Waals surface area contributed by atoms with E-state index in [0.29, 0.717) is 0 Å². The normalized spacial score (nSPS) is 16.2. The molecule has 136 heavy (non-hydrogen) atoms. The van der Waals surface area contributed by atoms with Crippen molar-refractivity contribution in [2.45, 2.75) is 188 Å². The zero-order valence-corrected chi connectivity index (χ0v) is 69.4. The standard InChI is InChI=1S/4C8HF17O3S.2C5H5.2Hf.8H2O/c4*9-1(10,3(13,14)5(17,18)7(21,22)23)2(11,12)4(15,16)6(19,20)8(24,25)29(26,27)28;2*1-2-4-5-3-1;;;;;;;;;;/h4*(H,26,27,28);2*1-5H;;;8*1H2/q;;;;;;2*+4;;;;;;;;/p-6. The van der Waals surface area contributed by atoms with Crippen LogP contribution < -0.4 is 0 Å². The van der Waals surface area contributed by atoms with Crippen molar-refractivity contribution in [3.63, 3.8) is 0 Å². The van der Waals surface area contributed by atoms with Gasteiger partial charge < -0.3 is 62.0 Å². The van der Waals surface area contributed by atoms with Gasteiger partial charge in [-0.2, -0.15) is 299 Å². The molecular weight excluding hydrogens is 2600 g/mol. The van der Waals surface area contributed by atoms with Gasteiger partial charge in [-0.3, -0.25) is 0 Å². The fraction of sp³-hybridized carbons (Fsp3) is 0.762. The SMILES string of the molecule is O.O.O.O.O.O.O=S(=O)([O-])C(F)(F)C(F)(F)C(F)(F)C(F)(F)C(F)(F)C(F)(F)C(F)(F)C(F)(F)F.O=S(=O)([O-])C(F)(F)C(F)(F)C(F)(F)C(F)(F)C(F)(F)C(F)(F)C(F)(F)C(F)(F)F.O=S(=O)([O-])C(F)(F)C(F)(F)C(F)(F)C(F)(F)C(F)(F)C(F)(F)C(F)(F)C(F)(F)F.O=S(=O)([O-])C(F)(F)C(F)(F)C(F)(F)C(F)(F)C(F)(F)C(F)(F)C(F)(F)C(F)(F)F.[CH]1[CH][CH][CH][CH]1.[CH]1[CH][CH][CH][CH]1.[Hf+4].[Hf+4].[OH-].[OH-]. The molecule has 0 aromatic heterocycles. The minimum absolute atomic E-state index is 0. The third-order valence-electron chi connectivity index (χ3n) is 13.1. The Hall–Kier alpha value is -3.70. The van der Waals surface area contributed by atoms with E-state index in [0.717, 1.165) is 0 Å². The third-order valence-corrected chi connectivity index (χ3v) is 16.7. The monoisotopic (exact) mass is 2630 g/mol. The van der Waals surface area contributed by atoms with Gasteiger partial charge in [0.2, 0.25) is 0 Å². The van der Waals surface area contributed by atoms with Crippen molar-refractivity contribution in [2.24, 2.45) is 0 Å². The molecule has 10 radical (unpaired) electrons. The topological polar surface area (TPSA) is 478 Å². The molecule has 818 valence electrons. The molecule has 2 rings (SSSR count). The van der Waals surface area contributed by atoms with Crippen LogP contribution in [0.25, 0.3) is 0 Å². The Morgan fingerprint density at radius 1 is 0.125 bits per heavy atom. The van der Waals surface area contributed by atoms with E-state index in [2.05, 4.69) is 0 Å². The summed E-state index contributed by atoms with van der Waals surface area (Å²) in [6.07, 6.45) is -11.6. The molecule has 0 amide bonds. The zero-order chi connectivity index (χ0) is 105. The van der Waals surface area contributed by atoms with Crippen LogP contribution >= 0.6 is 0 Å². The average Bonchev–Trinajstić information content (AvgIpc) is 0.728. The van der Waals surface area contributed by atoms with Crippen LogP contribution in [-0.4, -0.2) is 284 Å². The van der Waals surface area contributed by atoms with E-state index in [1.165, 1.54) is 0 Å². The Morgan fingerprint density at radius 3 is 0.228 bits per heavy atom. The summed E-state index contributed by atoms with van der Waals surface area (Å²) in [4.78, 5) is 0. The molecule has 0 aromatic carbocycles. The van der Waals surface area contributed by atoms with Gasteiger partial charge in [-0.1, -0.05) is 0 Å². The molecule has 0 aliphatic heterocycles. The van der Waals surface area contributed by atoms with E-state index in [1.54, 1.807) is 0 Å². The molecule has 0 saturated heterocycles. The first-order chi connectivity index (χ1) is 53.0. The van der Waals surface area contributed by atoms with Crippen LogP contribution in [0.1, 0.15) is 0 Å². The minimum atomic E-state index is -8.92. The number of rotatable bonds is 28. The second-order valence-corrected chi connectivity index (χ2v) is 27.3. The molecule has 2 aliphatic rings. The second-order valence-electron chi connectivity index (χ2n) is 21.6. The van der Waals surface area contributed by atoms with Crippen molar-refractivity contribution in [3.05, 3.63) is 64.2 Å². The second kappa shape index (κ2) is 45.1. The quantitative estimate of drug-likeness (QED) is 0.0399. The fourth-order valence-electron chi connectivity index (χ4n) is 5.87. The minimum Gasteiger partial charge on any atom is -0.870 e. The Kier molecular flexibility index (Phi) is 54.1. The fourth-order valence-corrected chi connectivity index (χ4v) is 7.64. The van der Waals surface area contributed by atoms with Crippen molar-refractivity contribution in [3.8, 4) is 0 Å². The molecular formula is C42H24F68Hf2O20S4+2. The Bertz CT molecular complexity index is 3650. The van der Waals surface area contributed by atoms with Gasteiger partial charge in [-0.25, -0.2) is 33.7 Å². The molecule has 2 aliphatic carbocycles. The van der Waals surface area contributed by atoms with Crippen molar-refractivity contribution < 1.29 is 446 Å². The first-order valence-electron chi connectivity index (χ1n) is 26.0. The zero-order valence-electron chi connectivity index (χ0n) is 58.9. The summed E-state index contributed by atoms with van der Waals surface area (Å²) in [5, 5.41) is -31.8. The van der Waals surface area contributed by atoms with Crippen LogP contribution in [0.15, 0.2) is 0 Å². The van der Waals surface area contributed by atoms with Crippen LogP contribution in [0.4, 0.5) is 299 Å². The third kappa shape index (κ3) is 25.2. The maximum atomic E-state index is 13.0. The summed E-state index contributed by atoms with van der Waals surface area (Å²) in [6.45, 7) is 0. The molecule has 0 unspecified atom stereocenters. The first kappa shape index (κ1) is 163. The van der Waals surface area contributed by atoms with E-state index in [9.17, 15) is 350 Å². The van der Waals surface area contributed by atoms with Gasteiger partial charge in [0, 0.05) is 0 Å². The molecule has 2 fully saturated rings. The van der Waals surface area contributed by atoms with Crippen molar-refractivity contribution >= 4 is 40.5 Å². The summed E-state index contributed by atoms with van der Waals surface area (Å²) in [7, 11) is -32.6. The van der Waals surface area contributed by atoms with E-state index in [-0.39, 0.29) is 95.5 Å². The number of halogens is 68. The van der Waals surface area contributed by atoms with Gasteiger partial charge in [0.05, 0.1) is 0 Å². The van der Waals surface area contributed by atoms with E-state index < -0.39 is 228 Å².